The number of anilines is 1. The van der Waals surface area contributed by atoms with E-state index in [4.69, 9.17) is 34.8 Å². The Kier molecular flexibility index (Phi) is 6.36. The molecule has 1 aromatic carbocycles. The molecule has 0 aromatic heterocycles. The number of carbonyl (C=O) groups is 1. The van der Waals surface area contributed by atoms with E-state index in [2.05, 4.69) is 5.32 Å². The first kappa shape index (κ1) is 16.5. The number of amides is 1. The number of aliphatic hydroxyl groups is 1. The number of nitrogens with two attached hydrogens (primary N) is 1. The van der Waals surface area contributed by atoms with Gasteiger partial charge >= 0.3 is 0 Å². The normalized spacial score (nSPS) is 14.0. The molecule has 1 rings (SSSR count). The summed E-state index contributed by atoms with van der Waals surface area (Å²) in [7, 11) is 0. The maximum Gasteiger partial charge on any atom is 0.282 e. The molecule has 106 valence electrons. The summed E-state index contributed by atoms with van der Waals surface area (Å²) in [5, 5.41) is 14.5. The minimum absolute atomic E-state index is 0.244. The fourth-order valence-electron chi connectivity index (χ4n) is 1.41. The standard InChI is InChI=1S/C12H15Cl3N2O2/c1-6(18)5-16-7(2)12(19)17-11-9(14)3-8(13)4-10(11)15/h3-4,6-7,16,18H,5H2,1-2H3,(H,17,19)/p+1/t6-,7+/m1/s1. The molecule has 2 atom stereocenters. The Morgan fingerprint density at radius 2 is 1.84 bits per heavy atom. The molecule has 7 heteroatoms. The predicted molar refractivity (Wildman–Crippen MR) is 78.0 cm³/mol. The van der Waals surface area contributed by atoms with Gasteiger partial charge < -0.3 is 15.7 Å². The van der Waals surface area contributed by atoms with Gasteiger partial charge in [-0.1, -0.05) is 34.8 Å². The predicted octanol–water partition coefficient (Wildman–Crippen LogP) is 1.92. The van der Waals surface area contributed by atoms with Crippen molar-refractivity contribution in [2.24, 2.45) is 0 Å². The van der Waals surface area contributed by atoms with Crippen LogP contribution >= 0.6 is 34.8 Å². The number of halogens is 3. The van der Waals surface area contributed by atoms with Crippen molar-refractivity contribution >= 4 is 46.4 Å². The fourth-order valence-corrected chi connectivity index (χ4v) is 2.32. The van der Waals surface area contributed by atoms with Gasteiger partial charge in [0.05, 0.1) is 21.8 Å². The number of hydrogen-bond acceptors (Lipinski definition) is 2. The molecular formula is C12H16Cl3N2O2+. The van der Waals surface area contributed by atoms with Gasteiger partial charge in [0.1, 0.15) is 6.54 Å². The quantitative estimate of drug-likeness (QED) is 0.774. The second-order valence-electron chi connectivity index (χ2n) is 4.34. The number of rotatable bonds is 5. The van der Waals surface area contributed by atoms with E-state index in [0.717, 1.165) is 0 Å². The molecule has 4 nitrogen and oxygen atoms in total. The number of nitrogens with one attached hydrogen (secondary N) is 1. The van der Waals surface area contributed by atoms with Crippen molar-refractivity contribution in [1.29, 1.82) is 0 Å². The van der Waals surface area contributed by atoms with E-state index in [9.17, 15) is 9.90 Å². The van der Waals surface area contributed by atoms with Crippen molar-refractivity contribution in [3.63, 3.8) is 0 Å². The lowest BCUT2D eigenvalue weighted by Crippen LogP contribution is -2.93. The van der Waals surface area contributed by atoms with Crippen LogP contribution in [0.3, 0.4) is 0 Å². The van der Waals surface area contributed by atoms with E-state index in [1.807, 2.05) is 0 Å². The molecule has 19 heavy (non-hydrogen) atoms. The lowest BCUT2D eigenvalue weighted by atomic mass is 10.2. The Morgan fingerprint density at radius 3 is 2.32 bits per heavy atom. The van der Waals surface area contributed by atoms with Crippen molar-refractivity contribution in [2.75, 3.05) is 11.9 Å². The molecular weight excluding hydrogens is 311 g/mol. The summed E-state index contributed by atoms with van der Waals surface area (Å²) >= 11 is 17.7. The zero-order valence-electron chi connectivity index (χ0n) is 10.6. The fraction of sp³-hybridized carbons (Fsp3) is 0.417. The summed E-state index contributed by atoms with van der Waals surface area (Å²) in [5.74, 6) is -0.244. The van der Waals surface area contributed by atoms with Crippen molar-refractivity contribution in [3.05, 3.63) is 27.2 Å². The highest BCUT2D eigenvalue weighted by molar-refractivity contribution is 6.42. The lowest BCUT2D eigenvalue weighted by molar-refractivity contribution is -0.678. The van der Waals surface area contributed by atoms with Crippen LogP contribution < -0.4 is 10.6 Å². The van der Waals surface area contributed by atoms with Gasteiger partial charge in [0.25, 0.3) is 5.91 Å². The molecule has 0 aliphatic heterocycles. The Balaban J connectivity index is 2.72. The van der Waals surface area contributed by atoms with Crippen LogP contribution in [0.25, 0.3) is 0 Å². The summed E-state index contributed by atoms with van der Waals surface area (Å²) in [6.45, 7) is 3.83. The third-order valence-corrected chi connectivity index (χ3v) is 3.31. The minimum Gasteiger partial charge on any atom is -0.388 e. The van der Waals surface area contributed by atoms with Gasteiger partial charge in [-0.25, -0.2) is 0 Å². The Labute approximate surface area is 127 Å². The monoisotopic (exact) mass is 325 g/mol. The van der Waals surface area contributed by atoms with Gasteiger partial charge in [0.15, 0.2) is 6.04 Å². The van der Waals surface area contributed by atoms with Crippen molar-refractivity contribution < 1.29 is 15.2 Å². The molecule has 0 spiro atoms. The van der Waals surface area contributed by atoms with E-state index < -0.39 is 6.10 Å². The molecule has 0 saturated heterocycles. The zero-order valence-corrected chi connectivity index (χ0v) is 12.9. The first-order chi connectivity index (χ1) is 8.81. The van der Waals surface area contributed by atoms with E-state index in [-0.39, 0.29) is 22.0 Å². The third-order valence-electron chi connectivity index (χ3n) is 2.50. The number of aliphatic hydroxyl groups excluding tert-OH is 1. The molecule has 0 bridgehead atoms. The van der Waals surface area contributed by atoms with Crippen molar-refractivity contribution in [1.82, 2.24) is 0 Å². The zero-order chi connectivity index (χ0) is 14.6. The second kappa shape index (κ2) is 7.31. The number of benzene rings is 1. The summed E-state index contributed by atoms with van der Waals surface area (Å²) in [6, 6.07) is 2.65. The average Bonchev–Trinajstić information content (AvgIpc) is 2.30. The molecule has 0 radical (unpaired) electrons. The maximum absolute atomic E-state index is 11.9. The number of hydrogen-bond donors (Lipinski definition) is 3. The number of quaternary nitrogens is 1. The Morgan fingerprint density at radius 1 is 1.32 bits per heavy atom. The molecule has 1 amide bonds. The second-order valence-corrected chi connectivity index (χ2v) is 5.59. The van der Waals surface area contributed by atoms with Gasteiger partial charge in [-0.3, -0.25) is 4.79 Å². The van der Waals surface area contributed by atoms with E-state index in [1.165, 1.54) is 12.1 Å². The topological polar surface area (TPSA) is 65.9 Å². The SMILES string of the molecule is C[C@H]([NH2+]C[C@@H](C)O)C(=O)Nc1c(Cl)cc(Cl)cc1Cl. The molecule has 1 aromatic rings. The lowest BCUT2D eigenvalue weighted by Gasteiger charge is -2.14. The summed E-state index contributed by atoms with van der Waals surface area (Å²) in [5.41, 5.74) is 0.343. The van der Waals surface area contributed by atoms with Gasteiger partial charge in [0.2, 0.25) is 0 Å². The third kappa shape index (κ3) is 5.16. The van der Waals surface area contributed by atoms with Crippen LogP contribution in [-0.4, -0.2) is 29.7 Å². The van der Waals surface area contributed by atoms with E-state index in [0.29, 0.717) is 17.3 Å². The smallest absolute Gasteiger partial charge is 0.282 e. The van der Waals surface area contributed by atoms with Gasteiger partial charge in [-0.15, -0.1) is 0 Å². The highest BCUT2D eigenvalue weighted by Crippen LogP contribution is 2.33. The van der Waals surface area contributed by atoms with Crippen molar-refractivity contribution in [3.8, 4) is 0 Å². The van der Waals surface area contributed by atoms with Crippen molar-refractivity contribution in [2.45, 2.75) is 26.0 Å². The van der Waals surface area contributed by atoms with Crippen LogP contribution in [0.2, 0.25) is 15.1 Å². The number of carbonyl (C=O) groups excluding carboxylic acids is 1. The molecule has 0 saturated carbocycles. The van der Waals surface area contributed by atoms with Gasteiger partial charge in [-0.2, -0.15) is 0 Å². The van der Waals surface area contributed by atoms with Gasteiger partial charge in [-0.05, 0) is 26.0 Å². The minimum atomic E-state index is -0.474. The summed E-state index contributed by atoms with van der Waals surface area (Å²) < 4.78 is 0. The molecule has 0 fully saturated rings. The highest BCUT2D eigenvalue weighted by Gasteiger charge is 2.19. The largest absolute Gasteiger partial charge is 0.388 e. The molecule has 0 heterocycles. The van der Waals surface area contributed by atoms with Crippen LogP contribution in [0.4, 0.5) is 5.69 Å². The maximum atomic E-state index is 11.9. The Bertz CT molecular complexity index is 443. The summed E-state index contributed by atoms with van der Waals surface area (Å²) in [4.78, 5) is 11.9. The first-order valence-electron chi connectivity index (χ1n) is 5.78. The van der Waals surface area contributed by atoms with E-state index in [1.54, 1.807) is 19.2 Å². The highest BCUT2D eigenvalue weighted by atomic mass is 35.5. The van der Waals surface area contributed by atoms with Crippen LogP contribution in [0.15, 0.2) is 12.1 Å². The Hall–Kier alpha value is -0.520. The van der Waals surface area contributed by atoms with Crippen LogP contribution in [0, 0.1) is 0 Å². The molecule has 4 N–H and O–H groups in total. The first-order valence-corrected chi connectivity index (χ1v) is 6.91. The average molecular weight is 327 g/mol. The molecule has 0 aliphatic rings. The summed E-state index contributed by atoms with van der Waals surface area (Å²) in [6.07, 6.45) is -0.474. The van der Waals surface area contributed by atoms with Crippen LogP contribution in [-0.2, 0) is 4.79 Å². The van der Waals surface area contributed by atoms with E-state index >= 15 is 0 Å². The van der Waals surface area contributed by atoms with Crippen LogP contribution in [0.1, 0.15) is 13.8 Å². The molecule has 0 unspecified atom stereocenters. The molecule has 0 aliphatic carbocycles. The van der Waals surface area contributed by atoms with Gasteiger partial charge in [0, 0.05) is 5.02 Å². The van der Waals surface area contributed by atoms with Crippen LogP contribution in [0.5, 0.6) is 0 Å².